The zero-order valence-corrected chi connectivity index (χ0v) is 21.6. The van der Waals surface area contributed by atoms with Crippen LogP contribution in [0.2, 0.25) is 0 Å². The average molecular weight is 478 g/mol. The molecule has 0 radical (unpaired) electrons. The Kier molecular flexibility index (Phi) is 16.9. The Morgan fingerprint density at radius 2 is 1.62 bits per heavy atom. The smallest absolute Gasteiger partial charge is 0.408 e. The highest BCUT2D eigenvalue weighted by molar-refractivity contribution is 5.90. The third kappa shape index (κ3) is 16.7. The molecule has 1 rings (SSSR count). The van der Waals surface area contributed by atoms with E-state index in [2.05, 4.69) is 36.7 Å². The van der Waals surface area contributed by atoms with Crippen molar-refractivity contribution < 1.29 is 23.9 Å². The number of unbranched alkanes of at least 4 members (excludes halogenated alkanes) is 1. The van der Waals surface area contributed by atoms with Gasteiger partial charge in [-0.1, -0.05) is 84.7 Å². The van der Waals surface area contributed by atoms with Crippen LogP contribution in [0.3, 0.4) is 0 Å². The number of alkyl carbamates (subject to hydrolysis) is 1. The van der Waals surface area contributed by atoms with Gasteiger partial charge >= 0.3 is 6.09 Å². The van der Waals surface area contributed by atoms with E-state index >= 15 is 0 Å². The molecule has 3 amide bonds. The number of rotatable bonds is 13. The highest BCUT2D eigenvalue weighted by Gasteiger charge is 2.23. The van der Waals surface area contributed by atoms with Crippen LogP contribution in [-0.2, 0) is 25.7 Å². The molecule has 34 heavy (non-hydrogen) atoms. The number of carbonyl (C=O) groups excluding carboxylic acids is 4. The van der Waals surface area contributed by atoms with Gasteiger partial charge in [-0.2, -0.15) is 0 Å². The number of nitrogens with one attached hydrogen (secondary N) is 3. The van der Waals surface area contributed by atoms with Crippen molar-refractivity contribution in [3.63, 3.8) is 0 Å². The molecule has 8 heteroatoms. The fraction of sp³-hybridized carbons (Fsp3) is 0.615. The van der Waals surface area contributed by atoms with Crippen LogP contribution in [0.15, 0.2) is 30.3 Å². The predicted molar refractivity (Wildman–Crippen MR) is 134 cm³/mol. The number of hydrogen-bond acceptors (Lipinski definition) is 5. The molecule has 2 atom stereocenters. The van der Waals surface area contributed by atoms with Crippen molar-refractivity contribution in [3.05, 3.63) is 35.9 Å². The molecule has 1 aromatic rings. The van der Waals surface area contributed by atoms with Crippen LogP contribution in [0.4, 0.5) is 4.79 Å². The minimum atomic E-state index is -0.831. The molecule has 0 spiro atoms. The van der Waals surface area contributed by atoms with Crippen LogP contribution >= 0.6 is 0 Å². The minimum absolute atomic E-state index is 0.0932. The normalized spacial score (nSPS) is 12.1. The molecule has 0 fully saturated rings. The lowest BCUT2D eigenvalue weighted by atomic mass is 10.0. The summed E-state index contributed by atoms with van der Waals surface area (Å²) in [4.78, 5) is 47.6. The fourth-order valence-corrected chi connectivity index (χ4v) is 2.76. The molecule has 0 heterocycles. The van der Waals surface area contributed by atoms with Crippen molar-refractivity contribution in [1.29, 1.82) is 0 Å². The summed E-state index contributed by atoms with van der Waals surface area (Å²) in [5.74, 6) is 0.0377. The van der Waals surface area contributed by atoms with Gasteiger partial charge in [0, 0.05) is 0 Å². The zero-order valence-electron chi connectivity index (χ0n) is 21.6. The molecule has 0 bridgehead atoms. The van der Waals surface area contributed by atoms with E-state index in [1.807, 2.05) is 51.1 Å². The van der Waals surface area contributed by atoms with Crippen LogP contribution in [0, 0.1) is 11.8 Å². The number of carbonyl (C=O) groups is 4. The summed E-state index contributed by atoms with van der Waals surface area (Å²) in [5, 5.41) is 7.66. The molecule has 8 nitrogen and oxygen atoms in total. The molecule has 0 aliphatic rings. The van der Waals surface area contributed by atoms with Crippen LogP contribution in [-0.4, -0.2) is 42.8 Å². The third-order valence-electron chi connectivity index (χ3n) is 4.33. The van der Waals surface area contributed by atoms with Gasteiger partial charge < -0.3 is 25.5 Å². The van der Waals surface area contributed by atoms with Crippen molar-refractivity contribution in [3.8, 4) is 0 Å². The Labute approximate surface area is 204 Å². The van der Waals surface area contributed by atoms with E-state index < -0.39 is 30.0 Å². The van der Waals surface area contributed by atoms with Gasteiger partial charge in [0.25, 0.3) is 0 Å². The maximum atomic E-state index is 12.5. The Hall–Kier alpha value is -2.90. The van der Waals surface area contributed by atoms with Crippen molar-refractivity contribution >= 4 is 24.2 Å². The first-order valence-electron chi connectivity index (χ1n) is 12.1. The van der Waals surface area contributed by atoms with Gasteiger partial charge in [-0.3, -0.25) is 9.59 Å². The fourth-order valence-electron chi connectivity index (χ4n) is 2.76. The van der Waals surface area contributed by atoms with E-state index in [1.54, 1.807) is 0 Å². The number of aldehydes is 1. The molecular formula is C26H43N3O5. The van der Waals surface area contributed by atoms with Gasteiger partial charge in [-0.05, 0) is 30.2 Å². The number of hydrogen-bond donors (Lipinski definition) is 3. The summed E-state index contributed by atoms with van der Waals surface area (Å²) in [6, 6.07) is 7.82. The summed E-state index contributed by atoms with van der Waals surface area (Å²) in [5.41, 5.74) is 0.835. The number of amides is 3. The monoisotopic (exact) mass is 477 g/mol. The highest BCUT2D eigenvalue weighted by Crippen LogP contribution is 2.06. The molecule has 3 N–H and O–H groups in total. The number of benzene rings is 1. The SMILES string of the molecule is CC(C)C.CCCCC(C=O)NC(=O)CNC(=O)C(CC(C)C)NC(=O)OCc1ccccc1. The Morgan fingerprint density at radius 1 is 1.00 bits per heavy atom. The average Bonchev–Trinajstić information content (AvgIpc) is 2.78. The first-order chi connectivity index (χ1) is 16.1. The van der Waals surface area contributed by atoms with Crippen LogP contribution in [0.1, 0.15) is 72.8 Å². The molecule has 0 aliphatic carbocycles. The van der Waals surface area contributed by atoms with Crippen LogP contribution in [0.5, 0.6) is 0 Å². The van der Waals surface area contributed by atoms with Gasteiger partial charge in [-0.15, -0.1) is 0 Å². The Bertz CT molecular complexity index is 720. The number of ether oxygens (including phenoxy) is 1. The molecule has 2 unspecified atom stereocenters. The van der Waals surface area contributed by atoms with Crippen molar-refractivity contribution in [2.45, 2.75) is 85.9 Å². The lowest BCUT2D eigenvalue weighted by molar-refractivity contribution is -0.128. The molecule has 0 aliphatic heterocycles. The zero-order chi connectivity index (χ0) is 25.9. The van der Waals surface area contributed by atoms with Crippen molar-refractivity contribution in [2.24, 2.45) is 11.8 Å². The first kappa shape index (κ1) is 31.1. The second-order valence-corrected chi connectivity index (χ2v) is 9.29. The largest absolute Gasteiger partial charge is 0.445 e. The third-order valence-corrected chi connectivity index (χ3v) is 4.33. The molecular weight excluding hydrogens is 434 g/mol. The van der Waals surface area contributed by atoms with Crippen molar-refractivity contribution in [2.75, 3.05) is 6.54 Å². The highest BCUT2D eigenvalue weighted by atomic mass is 16.5. The van der Waals surface area contributed by atoms with Gasteiger partial charge in [0.1, 0.15) is 18.9 Å². The summed E-state index contributed by atoms with van der Waals surface area (Å²) >= 11 is 0. The lowest BCUT2D eigenvalue weighted by Crippen LogP contribution is -2.50. The van der Waals surface area contributed by atoms with E-state index in [0.29, 0.717) is 19.1 Å². The molecule has 0 saturated heterocycles. The predicted octanol–water partition coefficient (Wildman–Crippen LogP) is 3.98. The van der Waals surface area contributed by atoms with Crippen LogP contribution < -0.4 is 16.0 Å². The van der Waals surface area contributed by atoms with E-state index in [4.69, 9.17) is 4.74 Å². The van der Waals surface area contributed by atoms with E-state index in [1.165, 1.54) is 0 Å². The van der Waals surface area contributed by atoms with Crippen molar-refractivity contribution in [1.82, 2.24) is 16.0 Å². The van der Waals surface area contributed by atoms with Crippen LogP contribution in [0.25, 0.3) is 0 Å². The van der Waals surface area contributed by atoms with Gasteiger partial charge in [0.2, 0.25) is 11.8 Å². The second-order valence-electron chi connectivity index (χ2n) is 9.29. The van der Waals surface area contributed by atoms with E-state index in [-0.39, 0.29) is 19.1 Å². The maximum Gasteiger partial charge on any atom is 0.408 e. The summed E-state index contributed by atoms with van der Waals surface area (Å²) in [6.45, 7) is 12.2. The Balaban J connectivity index is 0.00000251. The standard InChI is InChI=1S/C22H33N3O5.C4H10/c1-4-5-11-18(14-26)24-20(27)13-23-21(28)19(12-16(2)3)25-22(29)30-15-17-9-7-6-8-10-17;1-4(2)3/h6-10,14,16,18-19H,4-5,11-13,15H2,1-3H3,(H,23,28)(H,24,27)(H,25,29);4H,1-3H3. The Morgan fingerprint density at radius 3 is 2.15 bits per heavy atom. The quantitative estimate of drug-likeness (QED) is 0.372. The maximum absolute atomic E-state index is 12.5. The molecule has 0 aromatic heterocycles. The minimum Gasteiger partial charge on any atom is -0.445 e. The van der Waals surface area contributed by atoms with E-state index in [0.717, 1.165) is 24.3 Å². The lowest BCUT2D eigenvalue weighted by Gasteiger charge is -2.20. The molecule has 1 aromatic carbocycles. The summed E-state index contributed by atoms with van der Waals surface area (Å²) in [6.07, 6.45) is 2.68. The molecule has 192 valence electrons. The van der Waals surface area contributed by atoms with E-state index in [9.17, 15) is 19.2 Å². The molecule has 0 saturated carbocycles. The first-order valence-corrected chi connectivity index (χ1v) is 12.1. The summed E-state index contributed by atoms with van der Waals surface area (Å²) < 4.78 is 5.17. The van der Waals surface area contributed by atoms with Gasteiger partial charge in [-0.25, -0.2) is 4.79 Å². The second kappa shape index (κ2) is 18.5. The van der Waals surface area contributed by atoms with Gasteiger partial charge in [0.05, 0.1) is 12.6 Å². The summed E-state index contributed by atoms with van der Waals surface area (Å²) in [7, 11) is 0. The topological polar surface area (TPSA) is 114 Å². The van der Waals surface area contributed by atoms with Gasteiger partial charge in [0.15, 0.2) is 0 Å².